The second-order valence-electron chi connectivity index (χ2n) is 6.61. The van der Waals surface area contributed by atoms with Crippen LogP contribution in [0.4, 0.5) is 0 Å². The largest absolute Gasteiger partial charge is 0.496 e. The van der Waals surface area contributed by atoms with Gasteiger partial charge in [0, 0.05) is 37.8 Å². The lowest BCUT2D eigenvalue weighted by Gasteiger charge is -2.28. The average Bonchev–Trinajstić information content (AvgIpc) is 2.78. The summed E-state index contributed by atoms with van der Waals surface area (Å²) in [6.07, 6.45) is 6.59. The summed E-state index contributed by atoms with van der Waals surface area (Å²) in [6, 6.07) is 8.62. The molecular weight excluding hydrogens is 288 g/mol. The molecule has 23 heavy (non-hydrogen) atoms. The third kappa shape index (κ3) is 5.34. The number of benzene rings is 1. The summed E-state index contributed by atoms with van der Waals surface area (Å²) in [6.45, 7) is 3.21. The first-order valence-corrected chi connectivity index (χ1v) is 8.43. The van der Waals surface area contributed by atoms with Crippen molar-refractivity contribution in [2.75, 3.05) is 47.4 Å². The van der Waals surface area contributed by atoms with Crippen LogP contribution in [0, 0.1) is 5.92 Å². The first-order chi connectivity index (χ1) is 11.1. The van der Waals surface area contributed by atoms with Crippen molar-refractivity contribution in [1.82, 2.24) is 9.80 Å². The zero-order chi connectivity index (χ0) is 16.7. The van der Waals surface area contributed by atoms with Gasteiger partial charge < -0.3 is 14.7 Å². The number of nitrogens with zero attached hydrogens (tertiary/aromatic N) is 2. The molecule has 1 saturated heterocycles. The third-order valence-electron chi connectivity index (χ3n) is 4.68. The van der Waals surface area contributed by atoms with E-state index in [2.05, 4.69) is 42.1 Å². The monoisotopic (exact) mass is 318 g/mol. The molecule has 0 aliphatic carbocycles. The number of methoxy groups -OCH3 is 1. The van der Waals surface area contributed by atoms with Gasteiger partial charge in [-0.15, -0.1) is 0 Å². The van der Waals surface area contributed by atoms with Crippen LogP contribution in [0.1, 0.15) is 18.4 Å². The molecule has 0 spiro atoms. The lowest BCUT2D eigenvalue weighted by molar-refractivity contribution is 0.173. The predicted octanol–water partition coefficient (Wildman–Crippen LogP) is 2.34. The summed E-state index contributed by atoms with van der Waals surface area (Å²) in [4.78, 5) is 4.75. The van der Waals surface area contributed by atoms with Crippen molar-refractivity contribution in [2.45, 2.75) is 18.9 Å². The second-order valence-corrected chi connectivity index (χ2v) is 6.61. The van der Waals surface area contributed by atoms with Crippen LogP contribution in [-0.4, -0.2) is 68.4 Å². The number of likely N-dealkylation sites (N-methyl/N-ethyl adjacent to an activating group) is 1. The molecule has 1 N–H and O–H groups in total. The van der Waals surface area contributed by atoms with Gasteiger partial charge in [0.2, 0.25) is 0 Å². The van der Waals surface area contributed by atoms with E-state index >= 15 is 0 Å². The number of ether oxygens (including phenoxy) is 1. The Balaban J connectivity index is 2.00. The highest BCUT2D eigenvalue weighted by molar-refractivity contribution is 5.57. The number of hydrogen-bond donors (Lipinski definition) is 1. The smallest absolute Gasteiger partial charge is 0.126 e. The van der Waals surface area contributed by atoms with Crippen LogP contribution < -0.4 is 4.74 Å². The minimum atomic E-state index is 0.285. The minimum absolute atomic E-state index is 0.285. The van der Waals surface area contributed by atoms with Gasteiger partial charge in [-0.25, -0.2) is 0 Å². The van der Waals surface area contributed by atoms with Crippen LogP contribution >= 0.6 is 0 Å². The van der Waals surface area contributed by atoms with E-state index in [9.17, 15) is 5.11 Å². The van der Waals surface area contributed by atoms with E-state index in [1.54, 1.807) is 7.11 Å². The summed E-state index contributed by atoms with van der Waals surface area (Å²) < 4.78 is 5.39. The summed E-state index contributed by atoms with van der Waals surface area (Å²) in [7, 11) is 5.99. The number of rotatable bonds is 6. The van der Waals surface area contributed by atoms with Gasteiger partial charge in [-0.1, -0.05) is 30.4 Å². The highest BCUT2D eigenvalue weighted by atomic mass is 16.5. The van der Waals surface area contributed by atoms with Crippen LogP contribution in [0.3, 0.4) is 0 Å². The number of para-hydroxylation sites is 1. The molecule has 1 aromatic carbocycles. The molecule has 2 atom stereocenters. The molecular formula is C19H30N2O2. The molecule has 1 heterocycles. The highest BCUT2D eigenvalue weighted by Crippen LogP contribution is 2.20. The zero-order valence-electron chi connectivity index (χ0n) is 14.6. The molecule has 0 amide bonds. The van der Waals surface area contributed by atoms with Crippen LogP contribution in [0.2, 0.25) is 0 Å². The van der Waals surface area contributed by atoms with E-state index in [0.717, 1.165) is 43.8 Å². The predicted molar refractivity (Wildman–Crippen MR) is 95.8 cm³/mol. The fourth-order valence-corrected chi connectivity index (χ4v) is 3.20. The van der Waals surface area contributed by atoms with E-state index in [1.807, 2.05) is 18.2 Å². The highest BCUT2D eigenvalue weighted by Gasteiger charge is 2.24. The summed E-state index contributed by atoms with van der Waals surface area (Å²) in [5.41, 5.74) is 1.10. The fourth-order valence-electron chi connectivity index (χ4n) is 3.20. The third-order valence-corrected chi connectivity index (χ3v) is 4.68. The molecule has 1 aliphatic rings. The Morgan fingerprint density at radius 1 is 1.26 bits per heavy atom. The molecule has 0 saturated carbocycles. The summed E-state index contributed by atoms with van der Waals surface area (Å²) >= 11 is 0. The number of aliphatic hydroxyl groups is 1. The normalized spacial score (nSPS) is 23.3. The van der Waals surface area contributed by atoms with Gasteiger partial charge in [-0.3, -0.25) is 4.90 Å². The minimum Gasteiger partial charge on any atom is -0.496 e. The number of aliphatic hydroxyl groups excluding tert-OH is 1. The molecule has 1 aliphatic heterocycles. The van der Waals surface area contributed by atoms with Crippen molar-refractivity contribution in [2.24, 2.45) is 5.92 Å². The molecule has 0 radical (unpaired) electrons. The first kappa shape index (κ1) is 18.0. The Hall–Kier alpha value is -1.36. The number of likely N-dealkylation sites (tertiary alicyclic amines) is 1. The first-order valence-electron chi connectivity index (χ1n) is 8.43. The quantitative estimate of drug-likeness (QED) is 0.873. The molecule has 0 bridgehead atoms. The molecule has 1 fully saturated rings. The van der Waals surface area contributed by atoms with E-state index in [4.69, 9.17) is 4.74 Å². The van der Waals surface area contributed by atoms with Gasteiger partial charge in [0.05, 0.1) is 7.11 Å². The Labute approximate surface area is 140 Å². The van der Waals surface area contributed by atoms with Crippen LogP contribution in [0.25, 0.3) is 6.08 Å². The lowest BCUT2D eigenvalue weighted by atomic mass is 10.0. The Kier molecular flexibility index (Phi) is 7.09. The van der Waals surface area contributed by atoms with Crippen molar-refractivity contribution in [3.8, 4) is 5.75 Å². The molecule has 1 aromatic rings. The molecule has 2 rings (SSSR count). The second kappa shape index (κ2) is 9.06. The van der Waals surface area contributed by atoms with Crippen molar-refractivity contribution in [1.29, 1.82) is 0 Å². The summed E-state index contributed by atoms with van der Waals surface area (Å²) in [5.74, 6) is 1.29. The fraction of sp³-hybridized carbons (Fsp3) is 0.579. The van der Waals surface area contributed by atoms with Gasteiger partial charge in [-0.2, -0.15) is 0 Å². The molecule has 0 aromatic heterocycles. The van der Waals surface area contributed by atoms with Gasteiger partial charge in [0.25, 0.3) is 0 Å². The standard InChI is InChI=1S/C19H30N2O2/c1-20(2)18-11-10-16(15-22)13-21(14-18)12-6-8-17-7-4-5-9-19(17)23-3/h4-9,16,18,22H,10-15H2,1-3H3/b8-6+/t16-,18+/m0/s1. The van der Waals surface area contributed by atoms with E-state index in [-0.39, 0.29) is 6.61 Å². The van der Waals surface area contributed by atoms with E-state index in [1.165, 1.54) is 0 Å². The van der Waals surface area contributed by atoms with E-state index < -0.39 is 0 Å². The van der Waals surface area contributed by atoms with E-state index in [0.29, 0.717) is 12.0 Å². The maximum atomic E-state index is 9.56. The van der Waals surface area contributed by atoms with Gasteiger partial charge in [-0.05, 0) is 38.9 Å². The topological polar surface area (TPSA) is 35.9 Å². The van der Waals surface area contributed by atoms with Gasteiger partial charge in [0.1, 0.15) is 5.75 Å². The van der Waals surface area contributed by atoms with Crippen molar-refractivity contribution >= 4 is 6.08 Å². The lowest BCUT2D eigenvalue weighted by Crippen LogP contribution is -2.39. The zero-order valence-corrected chi connectivity index (χ0v) is 14.6. The van der Waals surface area contributed by atoms with Crippen molar-refractivity contribution < 1.29 is 9.84 Å². The maximum Gasteiger partial charge on any atom is 0.126 e. The maximum absolute atomic E-state index is 9.56. The Morgan fingerprint density at radius 2 is 2.04 bits per heavy atom. The van der Waals surface area contributed by atoms with Crippen molar-refractivity contribution in [3.63, 3.8) is 0 Å². The van der Waals surface area contributed by atoms with Crippen LogP contribution in [0.5, 0.6) is 5.75 Å². The summed E-state index contributed by atoms with van der Waals surface area (Å²) in [5, 5.41) is 9.56. The Morgan fingerprint density at radius 3 is 2.74 bits per heavy atom. The molecule has 4 heteroatoms. The molecule has 0 unspecified atom stereocenters. The van der Waals surface area contributed by atoms with Gasteiger partial charge >= 0.3 is 0 Å². The van der Waals surface area contributed by atoms with Crippen molar-refractivity contribution in [3.05, 3.63) is 35.9 Å². The van der Waals surface area contributed by atoms with Crippen LogP contribution in [-0.2, 0) is 0 Å². The molecule has 128 valence electrons. The molecule has 4 nitrogen and oxygen atoms in total. The van der Waals surface area contributed by atoms with Crippen LogP contribution in [0.15, 0.2) is 30.3 Å². The Bertz CT molecular complexity index is 502. The SMILES string of the molecule is COc1ccccc1/C=C/CN1C[C@@H](CO)CC[C@@H](N(C)C)C1. The number of hydrogen-bond acceptors (Lipinski definition) is 4. The average molecular weight is 318 g/mol. The van der Waals surface area contributed by atoms with Gasteiger partial charge in [0.15, 0.2) is 0 Å².